The lowest BCUT2D eigenvalue weighted by Crippen LogP contribution is -2.46. The molecule has 0 unspecified atom stereocenters. The van der Waals surface area contributed by atoms with E-state index in [0.717, 1.165) is 31.9 Å². The summed E-state index contributed by atoms with van der Waals surface area (Å²) in [5.74, 6) is -0.478. The minimum Gasteiger partial charge on any atom is -0.480 e. The lowest BCUT2D eigenvalue weighted by molar-refractivity contribution is -0.385. The van der Waals surface area contributed by atoms with Crippen LogP contribution >= 0.6 is 0 Å². The fourth-order valence-corrected chi connectivity index (χ4v) is 2.74. The van der Waals surface area contributed by atoms with Crippen molar-refractivity contribution in [2.45, 2.75) is 51.0 Å². The van der Waals surface area contributed by atoms with Crippen LogP contribution in [0.3, 0.4) is 0 Å². The molecule has 1 saturated carbocycles. The summed E-state index contributed by atoms with van der Waals surface area (Å²) in [6.45, 7) is 1.69. The van der Waals surface area contributed by atoms with E-state index in [-0.39, 0.29) is 5.69 Å². The van der Waals surface area contributed by atoms with Crippen molar-refractivity contribution in [2.75, 3.05) is 5.32 Å². The molecule has 0 saturated heterocycles. The molecular formula is C14H19N3O4. The number of hydrogen-bond donors (Lipinski definition) is 2. The van der Waals surface area contributed by atoms with Gasteiger partial charge >= 0.3 is 5.97 Å². The number of aromatic nitrogens is 1. The van der Waals surface area contributed by atoms with E-state index in [1.165, 1.54) is 6.07 Å². The topological polar surface area (TPSA) is 105 Å². The van der Waals surface area contributed by atoms with Gasteiger partial charge in [-0.3, -0.25) is 10.1 Å². The molecule has 0 bridgehead atoms. The number of carboxylic acids is 1. The first-order valence-corrected chi connectivity index (χ1v) is 7.07. The standard InChI is InChI=1S/C14H19N3O4/c1-10-8-11(17(20)21)9-15-12(10)16-14(13(18)19)6-4-2-3-5-7-14/h8-9H,2-7H2,1H3,(H,15,16)(H,18,19). The first-order chi connectivity index (χ1) is 9.94. The van der Waals surface area contributed by atoms with Gasteiger partial charge in [0.05, 0.1) is 4.92 Å². The molecule has 2 N–H and O–H groups in total. The molecule has 1 aromatic rings. The second kappa shape index (κ2) is 6.07. The monoisotopic (exact) mass is 293 g/mol. The summed E-state index contributed by atoms with van der Waals surface area (Å²) >= 11 is 0. The number of carbonyl (C=O) groups is 1. The molecule has 7 nitrogen and oxygen atoms in total. The van der Waals surface area contributed by atoms with Gasteiger partial charge in [-0.2, -0.15) is 0 Å². The molecule has 0 amide bonds. The maximum absolute atomic E-state index is 11.7. The molecule has 0 aliphatic heterocycles. The average molecular weight is 293 g/mol. The van der Waals surface area contributed by atoms with Crippen LogP contribution in [0.25, 0.3) is 0 Å². The van der Waals surface area contributed by atoms with E-state index < -0.39 is 16.4 Å². The fourth-order valence-electron chi connectivity index (χ4n) is 2.74. The third-order valence-corrected chi connectivity index (χ3v) is 4.00. The summed E-state index contributed by atoms with van der Waals surface area (Å²) in [5, 5.41) is 23.4. The number of aliphatic carboxylic acids is 1. The minimum absolute atomic E-state index is 0.0942. The second-order valence-corrected chi connectivity index (χ2v) is 5.54. The summed E-state index contributed by atoms with van der Waals surface area (Å²) in [7, 11) is 0. The number of pyridine rings is 1. The van der Waals surface area contributed by atoms with Gasteiger partial charge in [0, 0.05) is 6.07 Å². The van der Waals surface area contributed by atoms with E-state index in [9.17, 15) is 20.0 Å². The Balaban J connectivity index is 2.28. The second-order valence-electron chi connectivity index (χ2n) is 5.54. The molecule has 0 atom stereocenters. The lowest BCUT2D eigenvalue weighted by atomic mass is 9.90. The maximum atomic E-state index is 11.7. The number of rotatable bonds is 4. The highest BCUT2D eigenvalue weighted by Crippen LogP contribution is 2.32. The first-order valence-electron chi connectivity index (χ1n) is 7.07. The van der Waals surface area contributed by atoms with Crippen LogP contribution in [0.5, 0.6) is 0 Å². The van der Waals surface area contributed by atoms with Crippen molar-refractivity contribution in [2.24, 2.45) is 0 Å². The van der Waals surface area contributed by atoms with E-state index >= 15 is 0 Å². The predicted octanol–water partition coefficient (Wildman–Crippen LogP) is 2.89. The molecule has 1 aliphatic carbocycles. The zero-order valence-electron chi connectivity index (χ0n) is 12.0. The van der Waals surface area contributed by atoms with Crippen LogP contribution in [-0.2, 0) is 4.79 Å². The van der Waals surface area contributed by atoms with Crippen LogP contribution in [0, 0.1) is 17.0 Å². The van der Waals surface area contributed by atoms with Gasteiger partial charge in [-0.15, -0.1) is 0 Å². The Morgan fingerprint density at radius 2 is 2.00 bits per heavy atom. The summed E-state index contributed by atoms with van der Waals surface area (Å²) in [6, 6.07) is 1.40. The van der Waals surface area contributed by atoms with Crippen molar-refractivity contribution in [1.82, 2.24) is 4.98 Å². The molecule has 2 rings (SSSR count). The maximum Gasteiger partial charge on any atom is 0.329 e. The van der Waals surface area contributed by atoms with Crippen molar-refractivity contribution < 1.29 is 14.8 Å². The minimum atomic E-state index is -1.02. The summed E-state index contributed by atoms with van der Waals surface area (Å²) < 4.78 is 0. The number of anilines is 1. The first kappa shape index (κ1) is 15.2. The summed E-state index contributed by atoms with van der Waals surface area (Å²) in [4.78, 5) is 26.0. The smallest absolute Gasteiger partial charge is 0.329 e. The fraction of sp³-hybridized carbons (Fsp3) is 0.571. The van der Waals surface area contributed by atoms with Crippen LogP contribution in [0.15, 0.2) is 12.3 Å². The molecule has 0 aromatic carbocycles. The number of carboxylic acid groups (broad SMARTS) is 1. The molecule has 21 heavy (non-hydrogen) atoms. The van der Waals surface area contributed by atoms with Gasteiger partial charge in [0.1, 0.15) is 17.6 Å². The Kier molecular flexibility index (Phi) is 4.40. The number of nitrogens with one attached hydrogen (secondary N) is 1. The largest absolute Gasteiger partial charge is 0.480 e. The Labute approximate surface area is 122 Å². The van der Waals surface area contributed by atoms with Crippen molar-refractivity contribution >= 4 is 17.5 Å². The number of hydrogen-bond acceptors (Lipinski definition) is 5. The molecular weight excluding hydrogens is 274 g/mol. The quantitative estimate of drug-likeness (QED) is 0.502. The van der Waals surface area contributed by atoms with Gasteiger partial charge in [0.25, 0.3) is 5.69 Å². The molecule has 0 spiro atoms. The van der Waals surface area contributed by atoms with Gasteiger partial charge < -0.3 is 10.4 Å². The molecule has 0 radical (unpaired) electrons. The third kappa shape index (κ3) is 3.29. The van der Waals surface area contributed by atoms with Gasteiger partial charge in [-0.25, -0.2) is 9.78 Å². The Hall–Kier alpha value is -2.18. The van der Waals surface area contributed by atoms with Gasteiger partial charge in [-0.1, -0.05) is 25.7 Å². The summed E-state index contributed by atoms with van der Waals surface area (Å²) in [5.41, 5.74) is -0.540. The molecule has 7 heteroatoms. The van der Waals surface area contributed by atoms with E-state index in [1.54, 1.807) is 6.92 Å². The van der Waals surface area contributed by atoms with Crippen LogP contribution in [0.2, 0.25) is 0 Å². The zero-order chi connectivity index (χ0) is 15.5. The molecule has 1 aromatic heterocycles. The summed E-state index contributed by atoms with van der Waals surface area (Å²) in [6.07, 6.45) is 6.01. The number of nitro groups is 1. The van der Waals surface area contributed by atoms with Crippen LogP contribution in [0.1, 0.15) is 44.1 Å². The van der Waals surface area contributed by atoms with Crippen LogP contribution in [0.4, 0.5) is 11.5 Å². The van der Waals surface area contributed by atoms with Crippen LogP contribution < -0.4 is 5.32 Å². The SMILES string of the molecule is Cc1cc([N+](=O)[O-])cnc1NC1(C(=O)O)CCCCCC1. The third-order valence-electron chi connectivity index (χ3n) is 4.00. The zero-order valence-corrected chi connectivity index (χ0v) is 12.0. The van der Waals surface area contributed by atoms with Gasteiger partial charge in [0.15, 0.2) is 0 Å². The van der Waals surface area contributed by atoms with Crippen molar-refractivity contribution in [1.29, 1.82) is 0 Å². The number of aryl methyl sites for hydroxylation is 1. The van der Waals surface area contributed by atoms with Crippen molar-refractivity contribution in [3.8, 4) is 0 Å². The van der Waals surface area contributed by atoms with Gasteiger partial charge in [0.2, 0.25) is 0 Å². The van der Waals surface area contributed by atoms with E-state index in [0.29, 0.717) is 24.2 Å². The Bertz CT molecular complexity index is 551. The normalized spacial score (nSPS) is 17.8. The molecule has 1 aliphatic rings. The van der Waals surface area contributed by atoms with E-state index in [2.05, 4.69) is 10.3 Å². The van der Waals surface area contributed by atoms with Crippen LogP contribution in [-0.4, -0.2) is 26.5 Å². The molecule has 114 valence electrons. The Morgan fingerprint density at radius 3 is 2.48 bits per heavy atom. The number of nitrogens with zero attached hydrogens (tertiary/aromatic N) is 2. The van der Waals surface area contributed by atoms with Crippen molar-refractivity contribution in [3.05, 3.63) is 27.9 Å². The van der Waals surface area contributed by atoms with Crippen molar-refractivity contribution in [3.63, 3.8) is 0 Å². The highest BCUT2D eigenvalue weighted by Gasteiger charge is 2.39. The lowest BCUT2D eigenvalue weighted by Gasteiger charge is -2.30. The average Bonchev–Trinajstić information content (AvgIpc) is 2.67. The van der Waals surface area contributed by atoms with Gasteiger partial charge in [-0.05, 0) is 25.3 Å². The Morgan fingerprint density at radius 1 is 1.38 bits per heavy atom. The van der Waals surface area contributed by atoms with E-state index in [1.807, 2.05) is 0 Å². The molecule has 1 heterocycles. The van der Waals surface area contributed by atoms with E-state index in [4.69, 9.17) is 0 Å². The highest BCUT2D eigenvalue weighted by atomic mass is 16.6. The predicted molar refractivity (Wildman–Crippen MR) is 77.3 cm³/mol. The molecule has 1 fully saturated rings. The highest BCUT2D eigenvalue weighted by molar-refractivity contribution is 5.82.